The molecule has 1 atom stereocenters. The normalized spacial score (nSPS) is 26.5. The topological polar surface area (TPSA) is 43.4 Å². The Hall–Kier alpha value is -0.510. The minimum atomic E-state index is -5.60. The highest BCUT2D eigenvalue weighted by Gasteiger charge is 2.48. The van der Waals surface area contributed by atoms with Crippen molar-refractivity contribution in [1.82, 2.24) is 0 Å². The lowest BCUT2D eigenvalue weighted by Gasteiger charge is -2.29. The molecule has 9 heteroatoms. The van der Waals surface area contributed by atoms with Crippen molar-refractivity contribution in [1.29, 1.82) is 0 Å². The number of halogens is 3. The highest BCUT2D eigenvalue weighted by Crippen LogP contribution is 2.40. The molecule has 1 saturated carbocycles. The summed E-state index contributed by atoms with van der Waals surface area (Å²) in [5.74, 6) is 2.40. The molecular weight excluding hydrogens is 441 g/mol. The Balaban J connectivity index is 1.76. The van der Waals surface area contributed by atoms with Crippen LogP contribution in [0.2, 0.25) is 0 Å². The second-order valence-corrected chi connectivity index (χ2v) is 12.4. The van der Waals surface area contributed by atoms with E-state index >= 15 is 0 Å². The van der Waals surface area contributed by atoms with Gasteiger partial charge in [0, 0.05) is 5.75 Å². The fraction of sp³-hybridized carbons (Fsp3) is 0.650. The van der Waals surface area contributed by atoms with E-state index in [1.165, 1.54) is 55.9 Å². The van der Waals surface area contributed by atoms with Gasteiger partial charge in [0.1, 0.15) is 0 Å². The second-order valence-electron chi connectivity index (χ2n) is 7.64. The van der Waals surface area contributed by atoms with Crippen LogP contribution in [-0.4, -0.2) is 29.6 Å². The first-order chi connectivity index (χ1) is 13.7. The smallest absolute Gasteiger partial charge is 0.198 e. The lowest BCUT2D eigenvalue weighted by Crippen LogP contribution is -2.25. The minimum absolute atomic E-state index is 0.292. The van der Waals surface area contributed by atoms with E-state index in [4.69, 9.17) is 0 Å². The van der Waals surface area contributed by atoms with E-state index in [1.54, 1.807) is 0 Å². The van der Waals surface area contributed by atoms with E-state index < -0.39 is 26.4 Å². The summed E-state index contributed by atoms with van der Waals surface area (Å²) in [4.78, 5) is 0. The summed E-state index contributed by atoms with van der Waals surface area (Å²) in [6.07, 6.45) is 8.00. The first kappa shape index (κ1) is 23.2. The SMILES string of the molecule is CCCC1CCC(c2ccc(C3=S(OS(=O)(=O)C(F)(F)F)CCCS3)cc2)CC1. The number of rotatable bonds is 6. The predicted octanol–water partition coefficient (Wildman–Crippen LogP) is 6.43. The number of hydrogen-bond acceptors (Lipinski definition) is 4. The Morgan fingerprint density at radius 2 is 1.79 bits per heavy atom. The predicted molar refractivity (Wildman–Crippen MR) is 116 cm³/mol. The van der Waals surface area contributed by atoms with Crippen molar-refractivity contribution in [3.63, 3.8) is 0 Å². The zero-order valence-corrected chi connectivity index (χ0v) is 18.9. The molecule has 0 saturated heterocycles. The molecule has 1 aromatic carbocycles. The van der Waals surface area contributed by atoms with Crippen LogP contribution in [0.1, 0.15) is 68.9 Å². The zero-order chi connectivity index (χ0) is 21.1. The van der Waals surface area contributed by atoms with E-state index in [0.717, 1.165) is 17.2 Å². The largest absolute Gasteiger partial charge is 0.524 e. The number of benzene rings is 1. The molecule has 0 aromatic heterocycles. The summed E-state index contributed by atoms with van der Waals surface area (Å²) in [7, 11) is -6.99. The van der Waals surface area contributed by atoms with Gasteiger partial charge in [0.15, 0.2) is 0 Å². The molecule has 0 amide bonds. The maximum atomic E-state index is 12.7. The van der Waals surface area contributed by atoms with Crippen molar-refractivity contribution < 1.29 is 25.2 Å². The van der Waals surface area contributed by atoms with Crippen LogP contribution in [0.5, 0.6) is 0 Å². The molecule has 1 aliphatic carbocycles. The molecule has 3 nitrogen and oxygen atoms in total. The van der Waals surface area contributed by atoms with Gasteiger partial charge < -0.3 is 0 Å². The third-order valence-corrected chi connectivity index (χ3v) is 10.7. The highest BCUT2D eigenvalue weighted by molar-refractivity contribution is 8.34. The molecule has 1 aromatic rings. The zero-order valence-electron chi connectivity index (χ0n) is 16.4. The van der Waals surface area contributed by atoms with Crippen LogP contribution in [0.4, 0.5) is 13.2 Å². The van der Waals surface area contributed by atoms with Crippen molar-refractivity contribution in [2.45, 2.75) is 63.3 Å². The van der Waals surface area contributed by atoms with E-state index in [9.17, 15) is 21.6 Å². The number of alkyl halides is 3. The van der Waals surface area contributed by atoms with Gasteiger partial charge in [-0.2, -0.15) is 25.2 Å². The molecule has 0 N–H and O–H groups in total. The van der Waals surface area contributed by atoms with Crippen LogP contribution in [0, 0.1) is 5.92 Å². The van der Waals surface area contributed by atoms with Crippen LogP contribution in [0.15, 0.2) is 24.3 Å². The molecule has 29 heavy (non-hydrogen) atoms. The van der Waals surface area contributed by atoms with Crippen molar-refractivity contribution in [3.8, 4) is 0 Å². The third kappa shape index (κ3) is 5.80. The van der Waals surface area contributed by atoms with Crippen molar-refractivity contribution in [3.05, 3.63) is 35.4 Å². The van der Waals surface area contributed by atoms with Gasteiger partial charge in [-0.25, -0.2) is 0 Å². The molecule has 164 valence electrons. The molecule has 1 aliphatic heterocycles. The Morgan fingerprint density at radius 1 is 1.14 bits per heavy atom. The molecule has 1 heterocycles. The van der Waals surface area contributed by atoms with Crippen LogP contribution >= 0.6 is 22.5 Å². The maximum Gasteiger partial charge on any atom is 0.524 e. The molecule has 1 fully saturated rings. The summed E-state index contributed by atoms with van der Waals surface area (Å²) >= 11 is 1.40. The van der Waals surface area contributed by atoms with Gasteiger partial charge in [0.25, 0.3) is 0 Å². The van der Waals surface area contributed by atoms with Crippen molar-refractivity contribution >= 4 is 36.8 Å². The summed E-state index contributed by atoms with van der Waals surface area (Å²) in [5.41, 5.74) is -3.37. The summed E-state index contributed by atoms with van der Waals surface area (Å²) in [6, 6.07) is 7.90. The van der Waals surface area contributed by atoms with Crippen LogP contribution < -0.4 is 0 Å². The molecule has 3 rings (SSSR count). The van der Waals surface area contributed by atoms with Crippen LogP contribution in [0.3, 0.4) is 0 Å². The van der Waals surface area contributed by atoms with Gasteiger partial charge in [-0.15, -0.1) is 11.8 Å². The average molecular weight is 469 g/mol. The maximum absolute atomic E-state index is 12.7. The quantitative estimate of drug-likeness (QED) is 0.357. The van der Waals surface area contributed by atoms with E-state index in [2.05, 4.69) is 10.6 Å². The van der Waals surface area contributed by atoms with Gasteiger partial charge in [-0.1, -0.05) is 44.0 Å². The molecule has 0 radical (unpaired) electrons. The Morgan fingerprint density at radius 3 is 2.38 bits per heavy atom. The minimum Gasteiger partial charge on any atom is -0.198 e. The lowest BCUT2D eigenvalue weighted by atomic mass is 9.77. The molecule has 0 bridgehead atoms. The number of hydrogen-bond donors (Lipinski definition) is 0. The van der Waals surface area contributed by atoms with E-state index in [1.807, 2.05) is 24.3 Å². The van der Waals surface area contributed by atoms with Gasteiger partial charge in [-0.05, 0) is 71.6 Å². The summed E-state index contributed by atoms with van der Waals surface area (Å²) in [6.45, 7) is 2.23. The molecular formula is C20H27F3O3S3. The van der Waals surface area contributed by atoms with Crippen LogP contribution in [-0.2, 0) is 13.7 Å². The Bertz CT molecular complexity index is 825. The standard InChI is InChI=1S/C20H27F3O3S3/c1-2-4-15-5-7-16(8-6-15)17-9-11-18(12-10-17)19-27-13-3-14-28(19)26-29(24,25)20(21,22)23/h9-12,15-16H,2-8,13-14H2,1H3. The van der Waals surface area contributed by atoms with Crippen molar-refractivity contribution in [2.24, 2.45) is 5.92 Å². The van der Waals surface area contributed by atoms with Crippen molar-refractivity contribution in [2.75, 3.05) is 11.5 Å². The van der Waals surface area contributed by atoms with Gasteiger partial charge >= 0.3 is 15.6 Å². The van der Waals surface area contributed by atoms with E-state index in [0.29, 0.717) is 22.3 Å². The first-order valence-corrected chi connectivity index (χ1v) is 13.7. The molecule has 1 unspecified atom stereocenters. The van der Waals surface area contributed by atoms with Gasteiger partial charge in [-0.3, -0.25) is 0 Å². The Labute approximate surface area is 178 Å². The highest BCUT2D eigenvalue weighted by atomic mass is 32.3. The molecule has 0 spiro atoms. The van der Waals surface area contributed by atoms with Crippen LogP contribution in [0.25, 0.3) is 0 Å². The second kappa shape index (κ2) is 9.75. The fourth-order valence-electron chi connectivity index (χ4n) is 4.02. The monoisotopic (exact) mass is 468 g/mol. The summed E-state index contributed by atoms with van der Waals surface area (Å²) in [5, 5.41) is 0. The van der Waals surface area contributed by atoms with Gasteiger partial charge in [0.05, 0.1) is 4.20 Å². The molecule has 2 aliphatic rings. The lowest BCUT2D eigenvalue weighted by molar-refractivity contribution is -0.0494. The summed E-state index contributed by atoms with van der Waals surface area (Å²) < 4.78 is 66.3. The van der Waals surface area contributed by atoms with Gasteiger partial charge in [0.2, 0.25) is 0 Å². The first-order valence-electron chi connectivity index (χ1n) is 10.0. The Kier molecular flexibility index (Phi) is 7.78. The van der Waals surface area contributed by atoms with E-state index in [-0.39, 0.29) is 0 Å². The average Bonchev–Trinajstić information content (AvgIpc) is 2.68. The number of thioether (sulfide) groups is 1. The third-order valence-electron chi connectivity index (χ3n) is 5.53. The fourth-order valence-corrected chi connectivity index (χ4v) is 8.94.